The summed E-state index contributed by atoms with van der Waals surface area (Å²) >= 11 is 0. The maximum atomic E-state index is 9.25. The smallest absolute Gasteiger partial charge is 0.136 e. The fourth-order valence-electron chi connectivity index (χ4n) is 7.39. The van der Waals surface area contributed by atoms with Gasteiger partial charge in [0.15, 0.2) is 0 Å². The first-order valence-electron chi connectivity index (χ1n) is 17.4. The predicted octanol–water partition coefficient (Wildman–Crippen LogP) is 13.2. The van der Waals surface area contributed by atoms with Crippen LogP contribution in [0.2, 0.25) is 0 Å². The molecule has 0 bridgehead atoms. The van der Waals surface area contributed by atoms with Gasteiger partial charge in [0, 0.05) is 10.8 Å². The number of furan rings is 1. The molecule has 0 N–H and O–H groups in total. The summed E-state index contributed by atoms with van der Waals surface area (Å²) < 4.78 is 33.7. The third-order valence-corrected chi connectivity index (χ3v) is 9.56. The summed E-state index contributed by atoms with van der Waals surface area (Å²) in [5.74, 6) is 0. The van der Waals surface area contributed by atoms with E-state index in [0.717, 1.165) is 38.1 Å². The average Bonchev–Trinajstić information content (AvgIpc) is 3.57. The Balaban J connectivity index is 1.16. The predicted molar refractivity (Wildman–Crippen MR) is 200 cm³/mol. The summed E-state index contributed by atoms with van der Waals surface area (Å²) in [6.45, 7) is 0. The lowest BCUT2D eigenvalue weighted by Crippen LogP contribution is -1.91. The highest BCUT2D eigenvalue weighted by Gasteiger charge is 2.17. The number of fused-ring (bicyclic) bond motifs is 8. The van der Waals surface area contributed by atoms with Crippen LogP contribution < -0.4 is 0 Å². The molecule has 10 rings (SSSR count). The first-order chi connectivity index (χ1) is 24.6. The number of rotatable bonds is 3. The monoisotopic (exact) mass is 599 g/mol. The largest absolute Gasteiger partial charge is 0.456 e. The van der Waals surface area contributed by atoms with Crippen LogP contribution >= 0.6 is 0 Å². The molecule has 0 radical (unpaired) electrons. The maximum Gasteiger partial charge on any atom is 0.136 e. The van der Waals surface area contributed by atoms with E-state index in [1.54, 1.807) is 0 Å². The quantitative estimate of drug-likeness (QED) is 0.184. The van der Waals surface area contributed by atoms with Gasteiger partial charge in [0.1, 0.15) is 11.2 Å². The van der Waals surface area contributed by atoms with Crippen LogP contribution in [0.15, 0.2) is 174 Å². The fraction of sp³-hybridized carbons (Fsp3) is 0. The van der Waals surface area contributed by atoms with Crippen molar-refractivity contribution in [2.75, 3.05) is 0 Å². The Morgan fingerprint density at radius 1 is 0.362 bits per heavy atom. The summed E-state index contributed by atoms with van der Waals surface area (Å²) in [7, 11) is 0. The molecule has 0 aliphatic heterocycles. The van der Waals surface area contributed by atoms with Gasteiger partial charge in [-0.05, 0) is 101 Å². The van der Waals surface area contributed by atoms with E-state index in [4.69, 9.17) is 7.16 Å². The SMILES string of the molecule is [2H]c1c(-c2ccc(-c3c4ccccc4c(-c4ccc5ccccc5c4)c4ccccc34)cc2)c([2H])c2oc3ccc4ccccc4c3c2c1[2H]. The normalized spacial score (nSPS) is 12.7. The standard InChI is InChI=1S/C46H28O/c1-2-11-33-27-35(22-19-29(33)9-1)45-39-15-7-5-13-37(39)44(38-14-6-8-16-40(38)45)32-20-17-30(18-21-32)34-23-25-41-43(28-34)47-42-26-24-31-10-3-4-12-36(31)46(41)42/h1-28H/i23D,25D,28D. The summed E-state index contributed by atoms with van der Waals surface area (Å²) in [6.07, 6.45) is 0. The van der Waals surface area contributed by atoms with Gasteiger partial charge in [-0.2, -0.15) is 0 Å². The molecule has 0 saturated carbocycles. The molecule has 0 amide bonds. The highest BCUT2D eigenvalue weighted by atomic mass is 16.3. The van der Waals surface area contributed by atoms with Gasteiger partial charge in [0.25, 0.3) is 0 Å². The van der Waals surface area contributed by atoms with Crippen molar-refractivity contribution in [3.05, 3.63) is 170 Å². The van der Waals surface area contributed by atoms with E-state index in [0.29, 0.717) is 27.7 Å². The Bertz CT molecular complexity index is 2950. The lowest BCUT2D eigenvalue weighted by molar-refractivity contribution is 0.669. The Morgan fingerprint density at radius 2 is 0.894 bits per heavy atom. The molecule has 10 aromatic rings. The molecule has 0 aliphatic rings. The first-order valence-corrected chi connectivity index (χ1v) is 15.9. The van der Waals surface area contributed by atoms with E-state index in [9.17, 15) is 1.37 Å². The molecule has 1 heterocycles. The molecule has 0 fully saturated rings. The minimum absolute atomic E-state index is 0.0292. The lowest BCUT2D eigenvalue weighted by Gasteiger charge is -2.18. The van der Waals surface area contributed by atoms with Crippen molar-refractivity contribution < 1.29 is 8.53 Å². The number of benzene rings is 9. The third-order valence-electron chi connectivity index (χ3n) is 9.56. The van der Waals surface area contributed by atoms with Crippen molar-refractivity contribution >= 4 is 65.0 Å². The highest BCUT2D eigenvalue weighted by molar-refractivity contribution is 6.22. The van der Waals surface area contributed by atoms with Crippen molar-refractivity contribution in [3.63, 3.8) is 0 Å². The number of hydrogen-bond donors (Lipinski definition) is 0. The van der Waals surface area contributed by atoms with Gasteiger partial charge in [-0.1, -0.05) is 146 Å². The van der Waals surface area contributed by atoms with Crippen LogP contribution in [0, 0.1) is 0 Å². The van der Waals surface area contributed by atoms with E-state index >= 15 is 0 Å². The fourth-order valence-corrected chi connectivity index (χ4v) is 7.39. The van der Waals surface area contributed by atoms with Gasteiger partial charge < -0.3 is 4.42 Å². The van der Waals surface area contributed by atoms with Crippen LogP contribution in [0.5, 0.6) is 0 Å². The molecule has 1 heteroatoms. The molecule has 9 aromatic carbocycles. The topological polar surface area (TPSA) is 13.1 Å². The van der Waals surface area contributed by atoms with E-state index in [2.05, 4.69) is 103 Å². The zero-order chi connectivity index (χ0) is 33.5. The van der Waals surface area contributed by atoms with Crippen molar-refractivity contribution in [1.29, 1.82) is 0 Å². The molecule has 0 spiro atoms. The Labute approximate surface area is 276 Å². The van der Waals surface area contributed by atoms with Crippen LogP contribution in [0.25, 0.3) is 98.4 Å². The summed E-state index contributed by atoms with van der Waals surface area (Å²) in [5, 5.41) is 10.4. The minimum Gasteiger partial charge on any atom is -0.456 e. The molecule has 0 aliphatic carbocycles. The molecular weight excluding hydrogens is 569 g/mol. The molecular formula is C46H28O. The minimum atomic E-state index is 0.0292. The van der Waals surface area contributed by atoms with Gasteiger partial charge in [-0.25, -0.2) is 0 Å². The molecule has 47 heavy (non-hydrogen) atoms. The number of hydrogen-bond acceptors (Lipinski definition) is 1. The first kappa shape index (κ1) is 23.2. The van der Waals surface area contributed by atoms with Gasteiger partial charge >= 0.3 is 0 Å². The van der Waals surface area contributed by atoms with E-state index in [1.807, 2.05) is 48.5 Å². The third kappa shape index (κ3) is 4.03. The van der Waals surface area contributed by atoms with Crippen LogP contribution in [-0.4, -0.2) is 0 Å². The van der Waals surface area contributed by atoms with Crippen molar-refractivity contribution in [3.8, 4) is 33.4 Å². The Morgan fingerprint density at radius 3 is 1.60 bits per heavy atom. The molecule has 218 valence electrons. The lowest BCUT2D eigenvalue weighted by atomic mass is 9.85. The molecule has 1 aromatic heterocycles. The molecule has 0 atom stereocenters. The molecule has 0 saturated heterocycles. The van der Waals surface area contributed by atoms with Crippen LogP contribution in [-0.2, 0) is 0 Å². The van der Waals surface area contributed by atoms with Gasteiger partial charge in [-0.15, -0.1) is 0 Å². The van der Waals surface area contributed by atoms with Gasteiger partial charge in [0.2, 0.25) is 0 Å². The van der Waals surface area contributed by atoms with Crippen LogP contribution in [0.4, 0.5) is 0 Å². The molecule has 0 unspecified atom stereocenters. The van der Waals surface area contributed by atoms with Gasteiger partial charge in [-0.3, -0.25) is 0 Å². The highest BCUT2D eigenvalue weighted by Crippen LogP contribution is 2.44. The van der Waals surface area contributed by atoms with Crippen LogP contribution in [0.1, 0.15) is 4.11 Å². The van der Waals surface area contributed by atoms with Crippen LogP contribution in [0.3, 0.4) is 0 Å². The van der Waals surface area contributed by atoms with Crippen molar-refractivity contribution in [2.45, 2.75) is 0 Å². The average molecular weight is 600 g/mol. The summed E-state index contributed by atoms with van der Waals surface area (Å²) in [5.41, 5.74) is 6.68. The zero-order valence-corrected chi connectivity index (χ0v) is 25.3. The Hall–Kier alpha value is -6.18. The van der Waals surface area contributed by atoms with Crippen molar-refractivity contribution in [2.24, 2.45) is 0 Å². The second kappa shape index (κ2) is 10.2. The van der Waals surface area contributed by atoms with Gasteiger partial charge in [0.05, 0.1) is 4.11 Å². The van der Waals surface area contributed by atoms with E-state index < -0.39 is 0 Å². The summed E-state index contributed by atoms with van der Waals surface area (Å²) in [6, 6.07) is 52.7. The van der Waals surface area contributed by atoms with Crippen molar-refractivity contribution in [1.82, 2.24) is 0 Å². The second-order valence-electron chi connectivity index (χ2n) is 12.2. The Kier molecular flexibility index (Phi) is 5.02. The van der Waals surface area contributed by atoms with E-state index in [1.165, 1.54) is 32.7 Å². The molecule has 1 nitrogen and oxygen atoms in total. The maximum absolute atomic E-state index is 9.25. The second-order valence-corrected chi connectivity index (χ2v) is 12.2. The zero-order valence-electron chi connectivity index (χ0n) is 28.3. The summed E-state index contributed by atoms with van der Waals surface area (Å²) in [4.78, 5) is 0. The van der Waals surface area contributed by atoms with E-state index in [-0.39, 0.29) is 18.1 Å².